The normalized spacial score (nSPS) is 26.7. The van der Waals surface area contributed by atoms with Crippen LogP contribution < -0.4 is 10.6 Å². The van der Waals surface area contributed by atoms with E-state index in [1.165, 1.54) is 12.8 Å². The Morgan fingerprint density at radius 2 is 2.32 bits per heavy atom. The Morgan fingerprint density at radius 3 is 2.95 bits per heavy atom. The van der Waals surface area contributed by atoms with Gasteiger partial charge in [-0.2, -0.15) is 0 Å². The summed E-state index contributed by atoms with van der Waals surface area (Å²) in [7, 11) is 0. The molecule has 3 N–H and O–H groups in total. The lowest BCUT2D eigenvalue weighted by Crippen LogP contribution is -2.50. The first-order valence-electron chi connectivity index (χ1n) is 7.31. The van der Waals surface area contributed by atoms with Crippen molar-refractivity contribution in [2.24, 2.45) is 11.8 Å². The van der Waals surface area contributed by atoms with E-state index in [2.05, 4.69) is 24.5 Å². The van der Waals surface area contributed by atoms with Gasteiger partial charge in [-0.15, -0.1) is 11.6 Å². The number of aliphatic hydroxyl groups excluding tert-OH is 1. The van der Waals surface area contributed by atoms with E-state index in [1.807, 2.05) is 0 Å². The summed E-state index contributed by atoms with van der Waals surface area (Å²) in [4.78, 5) is 12.0. The van der Waals surface area contributed by atoms with Crippen LogP contribution in [0.15, 0.2) is 0 Å². The summed E-state index contributed by atoms with van der Waals surface area (Å²) >= 11 is 5.50. The molecule has 1 aliphatic rings. The first-order valence-corrected chi connectivity index (χ1v) is 7.85. The van der Waals surface area contributed by atoms with Crippen LogP contribution in [0, 0.1) is 11.8 Å². The van der Waals surface area contributed by atoms with Crippen LogP contribution in [0.1, 0.15) is 39.5 Å². The van der Waals surface area contributed by atoms with Crippen LogP contribution in [-0.4, -0.2) is 42.1 Å². The second-order valence-corrected chi connectivity index (χ2v) is 6.01. The van der Waals surface area contributed by atoms with E-state index >= 15 is 0 Å². The van der Waals surface area contributed by atoms with Crippen molar-refractivity contribution >= 4 is 17.5 Å². The monoisotopic (exact) mass is 290 g/mol. The van der Waals surface area contributed by atoms with E-state index in [4.69, 9.17) is 11.6 Å². The number of alkyl halides is 1. The lowest BCUT2D eigenvalue weighted by Gasteiger charge is -2.31. The molecule has 1 saturated heterocycles. The predicted octanol–water partition coefficient (Wildman–Crippen LogP) is 1.51. The van der Waals surface area contributed by atoms with Gasteiger partial charge in [-0.05, 0) is 37.6 Å². The first kappa shape index (κ1) is 16.7. The molecule has 1 aliphatic heterocycles. The molecule has 19 heavy (non-hydrogen) atoms. The molecule has 1 amide bonds. The van der Waals surface area contributed by atoms with Gasteiger partial charge in [0.1, 0.15) is 0 Å². The fraction of sp³-hybridized carbons (Fsp3) is 0.929. The maximum atomic E-state index is 12.0. The second kappa shape index (κ2) is 8.77. The van der Waals surface area contributed by atoms with E-state index in [0.717, 1.165) is 25.3 Å². The van der Waals surface area contributed by atoms with Crippen molar-refractivity contribution in [1.82, 2.24) is 10.6 Å². The first-order chi connectivity index (χ1) is 9.06. The molecule has 1 fully saturated rings. The van der Waals surface area contributed by atoms with Gasteiger partial charge in [0, 0.05) is 6.54 Å². The van der Waals surface area contributed by atoms with Crippen molar-refractivity contribution in [1.29, 1.82) is 0 Å². The van der Waals surface area contributed by atoms with Gasteiger partial charge in [-0.25, -0.2) is 0 Å². The van der Waals surface area contributed by atoms with Gasteiger partial charge in [0.2, 0.25) is 5.91 Å². The van der Waals surface area contributed by atoms with E-state index < -0.39 is 6.10 Å². The minimum absolute atomic E-state index is 0.0157. The molecule has 0 saturated carbocycles. The average molecular weight is 291 g/mol. The molecule has 4 nitrogen and oxygen atoms in total. The Labute approximate surface area is 121 Å². The molecule has 4 unspecified atom stereocenters. The molecule has 5 heteroatoms. The Kier molecular flexibility index (Phi) is 7.73. The third kappa shape index (κ3) is 6.11. The molecule has 0 spiro atoms. The summed E-state index contributed by atoms with van der Waals surface area (Å²) in [6.45, 7) is 5.62. The van der Waals surface area contributed by atoms with Gasteiger partial charge in [0.25, 0.3) is 0 Å². The number of carbonyl (C=O) groups is 1. The number of nitrogens with one attached hydrogen (secondary N) is 2. The van der Waals surface area contributed by atoms with Crippen molar-refractivity contribution in [2.75, 3.05) is 19.0 Å². The number of rotatable bonds is 7. The van der Waals surface area contributed by atoms with Crippen LogP contribution in [0.5, 0.6) is 0 Å². The smallest absolute Gasteiger partial charge is 0.237 e. The highest BCUT2D eigenvalue weighted by atomic mass is 35.5. The van der Waals surface area contributed by atoms with Gasteiger partial charge in [-0.1, -0.05) is 20.3 Å². The maximum absolute atomic E-state index is 12.0. The standard InChI is InChI=1S/C14H27ClN2O2/c1-3-10(2)6-11-4-5-16-13(7-11)14(19)17-9-12(18)8-15/h10-13,16,18H,3-9H2,1-2H3,(H,17,19). The minimum Gasteiger partial charge on any atom is -0.390 e. The molecule has 0 aliphatic carbocycles. The van der Waals surface area contributed by atoms with E-state index in [-0.39, 0.29) is 24.4 Å². The number of piperidine rings is 1. The fourth-order valence-corrected chi connectivity index (χ4v) is 2.65. The Bertz CT molecular complexity index is 276. The number of hydrogen-bond acceptors (Lipinski definition) is 3. The van der Waals surface area contributed by atoms with Gasteiger partial charge >= 0.3 is 0 Å². The zero-order valence-electron chi connectivity index (χ0n) is 12.0. The number of halogens is 1. The summed E-state index contributed by atoms with van der Waals surface area (Å²) < 4.78 is 0. The highest BCUT2D eigenvalue weighted by Gasteiger charge is 2.27. The van der Waals surface area contributed by atoms with Crippen LogP contribution in [-0.2, 0) is 4.79 Å². The Balaban J connectivity index is 2.34. The fourth-order valence-electron chi connectivity index (χ4n) is 2.54. The zero-order chi connectivity index (χ0) is 14.3. The summed E-state index contributed by atoms with van der Waals surface area (Å²) in [5, 5.41) is 15.4. The van der Waals surface area contributed by atoms with Gasteiger partial charge < -0.3 is 15.7 Å². The van der Waals surface area contributed by atoms with Crippen LogP contribution in [0.3, 0.4) is 0 Å². The molecule has 112 valence electrons. The van der Waals surface area contributed by atoms with E-state index in [0.29, 0.717) is 5.92 Å². The second-order valence-electron chi connectivity index (χ2n) is 5.70. The minimum atomic E-state index is -0.662. The van der Waals surface area contributed by atoms with Crippen molar-refractivity contribution in [3.8, 4) is 0 Å². The molecule has 0 aromatic carbocycles. The number of carbonyl (C=O) groups excluding carboxylic acids is 1. The molecule has 0 bridgehead atoms. The largest absolute Gasteiger partial charge is 0.390 e. The highest BCUT2D eigenvalue weighted by molar-refractivity contribution is 6.18. The molecule has 0 radical (unpaired) electrons. The Hall–Kier alpha value is -0.320. The van der Waals surface area contributed by atoms with Crippen molar-refractivity contribution in [3.05, 3.63) is 0 Å². The lowest BCUT2D eigenvalue weighted by molar-refractivity contribution is -0.124. The van der Waals surface area contributed by atoms with Crippen molar-refractivity contribution in [2.45, 2.75) is 51.7 Å². The van der Waals surface area contributed by atoms with Crippen LogP contribution >= 0.6 is 11.6 Å². The Morgan fingerprint density at radius 1 is 1.58 bits per heavy atom. The summed E-state index contributed by atoms with van der Waals surface area (Å²) in [5.41, 5.74) is 0. The van der Waals surface area contributed by atoms with Crippen LogP contribution in [0.4, 0.5) is 0 Å². The number of hydrogen-bond donors (Lipinski definition) is 3. The molecular formula is C14H27ClN2O2. The topological polar surface area (TPSA) is 61.4 Å². The molecule has 4 atom stereocenters. The lowest BCUT2D eigenvalue weighted by atomic mass is 9.84. The third-order valence-electron chi connectivity index (χ3n) is 3.95. The molecule has 1 rings (SSSR count). The van der Waals surface area contributed by atoms with E-state index in [1.54, 1.807) is 0 Å². The van der Waals surface area contributed by atoms with Crippen molar-refractivity contribution < 1.29 is 9.90 Å². The van der Waals surface area contributed by atoms with Crippen molar-refractivity contribution in [3.63, 3.8) is 0 Å². The number of amides is 1. The SMILES string of the molecule is CCC(C)CC1CCNC(C(=O)NCC(O)CCl)C1. The maximum Gasteiger partial charge on any atom is 0.237 e. The molecule has 0 aromatic rings. The third-order valence-corrected chi connectivity index (χ3v) is 4.31. The average Bonchev–Trinajstić information content (AvgIpc) is 2.44. The van der Waals surface area contributed by atoms with Gasteiger partial charge in [0.05, 0.1) is 18.0 Å². The molecule has 1 heterocycles. The van der Waals surface area contributed by atoms with Gasteiger partial charge in [-0.3, -0.25) is 4.79 Å². The van der Waals surface area contributed by atoms with Gasteiger partial charge in [0.15, 0.2) is 0 Å². The predicted molar refractivity (Wildman–Crippen MR) is 78.3 cm³/mol. The molecular weight excluding hydrogens is 264 g/mol. The zero-order valence-corrected chi connectivity index (χ0v) is 12.7. The summed E-state index contributed by atoms with van der Waals surface area (Å²) in [6, 6.07) is -0.120. The molecule has 0 aromatic heterocycles. The summed E-state index contributed by atoms with van der Waals surface area (Å²) in [6.07, 6.45) is 3.78. The number of aliphatic hydroxyl groups is 1. The van der Waals surface area contributed by atoms with Crippen LogP contribution in [0.25, 0.3) is 0 Å². The quantitative estimate of drug-likeness (QED) is 0.623. The highest BCUT2D eigenvalue weighted by Crippen LogP contribution is 2.25. The van der Waals surface area contributed by atoms with Crippen LogP contribution in [0.2, 0.25) is 0 Å². The van der Waals surface area contributed by atoms with E-state index in [9.17, 15) is 9.90 Å². The summed E-state index contributed by atoms with van der Waals surface area (Å²) in [5.74, 6) is 1.49.